The van der Waals surface area contributed by atoms with Gasteiger partial charge in [0.2, 0.25) is 0 Å². The molecule has 0 spiro atoms. The van der Waals surface area contributed by atoms with Crippen LogP contribution >= 0.6 is 0 Å². The lowest BCUT2D eigenvalue weighted by Crippen LogP contribution is -2.52. The molecule has 4 N–H and O–H groups in total. The van der Waals surface area contributed by atoms with Crippen LogP contribution in [-0.2, 0) is 0 Å². The van der Waals surface area contributed by atoms with Gasteiger partial charge in [0.15, 0.2) is 0 Å². The average Bonchev–Trinajstić information content (AvgIpc) is 2.40. The van der Waals surface area contributed by atoms with Crippen molar-refractivity contribution in [3.63, 3.8) is 0 Å². The van der Waals surface area contributed by atoms with Gasteiger partial charge in [-0.15, -0.1) is 0 Å². The second-order valence-corrected chi connectivity index (χ2v) is 5.55. The molecular formula is C13H24N4O2. The molecule has 0 unspecified atom stereocenters. The molecule has 1 aliphatic carbocycles. The summed E-state index contributed by atoms with van der Waals surface area (Å²) >= 11 is 0. The molecule has 2 aliphatic rings. The van der Waals surface area contributed by atoms with Gasteiger partial charge < -0.3 is 21.3 Å². The van der Waals surface area contributed by atoms with Gasteiger partial charge in [0, 0.05) is 25.2 Å². The quantitative estimate of drug-likeness (QED) is 0.702. The third-order valence-corrected chi connectivity index (χ3v) is 4.06. The molecule has 1 saturated heterocycles. The van der Waals surface area contributed by atoms with Gasteiger partial charge in [0.1, 0.15) is 0 Å². The molecule has 0 radical (unpaired) electrons. The van der Waals surface area contributed by atoms with Crippen LogP contribution in [0.1, 0.15) is 44.9 Å². The number of carbonyl (C=O) groups excluding carboxylic acids is 2. The van der Waals surface area contributed by atoms with Crippen LogP contribution in [0.3, 0.4) is 0 Å². The molecule has 6 heteroatoms. The number of rotatable bonds is 2. The van der Waals surface area contributed by atoms with E-state index in [4.69, 9.17) is 5.73 Å². The number of hydrogen-bond donors (Lipinski definition) is 3. The van der Waals surface area contributed by atoms with E-state index in [1.807, 2.05) is 4.90 Å². The predicted octanol–water partition coefficient (Wildman–Crippen LogP) is 1.16. The predicted molar refractivity (Wildman–Crippen MR) is 72.7 cm³/mol. The van der Waals surface area contributed by atoms with Crippen LogP contribution in [-0.4, -0.2) is 42.1 Å². The first-order chi connectivity index (χ1) is 9.15. The van der Waals surface area contributed by atoms with E-state index in [0.717, 1.165) is 25.7 Å². The van der Waals surface area contributed by atoms with Gasteiger partial charge in [-0.3, -0.25) is 0 Å². The van der Waals surface area contributed by atoms with E-state index in [9.17, 15) is 9.59 Å². The third-order valence-electron chi connectivity index (χ3n) is 4.06. The van der Waals surface area contributed by atoms with Crippen molar-refractivity contribution in [1.82, 2.24) is 15.5 Å². The van der Waals surface area contributed by atoms with E-state index in [1.54, 1.807) is 0 Å². The monoisotopic (exact) mass is 268 g/mol. The van der Waals surface area contributed by atoms with Crippen LogP contribution in [0.2, 0.25) is 0 Å². The summed E-state index contributed by atoms with van der Waals surface area (Å²) in [6.45, 7) is 1.37. The van der Waals surface area contributed by atoms with Gasteiger partial charge in [-0.1, -0.05) is 19.3 Å². The maximum atomic E-state index is 12.1. The summed E-state index contributed by atoms with van der Waals surface area (Å²) in [6.07, 6.45) is 7.49. The van der Waals surface area contributed by atoms with Crippen LogP contribution < -0.4 is 16.4 Å². The van der Waals surface area contributed by atoms with Crippen LogP contribution in [0.15, 0.2) is 0 Å². The first kappa shape index (κ1) is 14.0. The van der Waals surface area contributed by atoms with Crippen molar-refractivity contribution in [2.24, 2.45) is 5.73 Å². The Bertz CT molecular complexity index is 321. The summed E-state index contributed by atoms with van der Waals surface area (Å²) in [5.74, 6) is 0. The van der Waals surface area contributed by atoms with E-state index < -0.39 is 6.03 Å². The zero-order chi connectivity index (χ0) is 13.7. The highest BCUT2D eigenvalue weighted by Gasteiger charge is 2.25. The number of nitrogens with two attached hydrogens (primary N) is 1. The number of urea groups is 2. The minimum Gasteiger partial charge on any atom is -0.352 e. The largest absolute Gasteiger partial charge is 0.352 e. The zero-order valence-electron chi connectivity index (χ0n) is 11.4. The zero-order valence-corrected chi connectivity index (χ0v) is 11.4. The van der Waals surface area contributed by atoms with E-state index in [-0.39, 0.29) is 12.1 Å². The molecule has 1 aliphatic heterocycles. The Kier molecular flexibility index (Phi) is 4.87. The van der Waals surface area contributed by atoms with Gasteiger partial charge in [-0.05, 0) is 25.7 Å². The van der Waals surface area contributed by atoms with E-state index in [1.165, 1.54) is 19.3 Å². The molecule has 6 nitrogen and oxygen atoms in total. The third kappa shape index (κ3) is 4.29. The molecule has 0 aromatic heterocycles. The molecule has 2 fully saturated rings. The molecule has 19 heavy (non-hydrogen) atoms. The van der Waals surface area contributed by atoms with Gasteiger partial charge in [0.05, 0.1) is 0 Å². The normalized spacial score (nSPS) is 22.0. The molecule has 4 amide bonds. The molecular weight excluding hydrogens is 244 g/mol. The van der Waals surface area contributed by atoms with Crippen molar-refractivity contribution in [3.05, 3.63) is 0 Å². The van der Waals surface area contributed by atoms with E-state index in [2.05, 4.69) is 10.6 Å². The maximum Gasteiger partial charge on any atom is 0.317 e. The van der Waals surface area contributed by atoms with Gasteiger partial charge >= 0.3 is 12.1 Å². The molecule has 0 aromatic rings. The summed E-state index contributed by atoms with van der Waals surface area (Å²) in [4.78, 5) is 24.7. The van der Waals surface area contributed by atoms with Crippen molar-refractivity contribution in [2.45, 2.75) is 57.0 Å². The standard InChI is InChI=1S/C13H24N4O2/c14-12(18)15-11-6-8-17(9-7-11)13(19)16-10-4-2-1-3-5-10/h10-11H,1-9H2,(H,16,19)(H3,14,15,18). The lowest BCUT2D eigenvalue weighted by Gasteiger charge is -2.34. The highest BCUT2D eigenvalue weighted by Crippen LogP contribution is 2.18. The van der Waals surface area contributed by atoms with Crippen molar-refractivity contribution >= 4 is 12.1 Å². The fraction of sp³-hybridized carbons (Fsp3) is 0.846. The lowest BCUT2D eigenvalue weighted by molar-refractivity contribution is 0.170. The fourth-order valence-electron chi connectivity index (χ4n) is 2.94. The number of primary amides is 1. The smallest absolute Gasteiger partial charge is 0.317 e. The van der Waals surface area contributed by atoms with E-state index in [0.29, 0.717) is 19.1 Å². The molecule has 0 aromatic carbocycles. The Morgan fingerprint density at radius 1 is 0.895 bits per heavy atom. The van der Waals surface area contributed by atoms with Crippen LogP contribution in [0.4, 0.5) is 9.59 Å². The van der Waals surface area contributed by atoms with Gasteiger partial charge in [-0.25, -0.2) is 9.59 Å². The first-order valence-corrected chi connectivity index (χ1v) is 7.26. The Labute approximate surface area is 114 Å². The van der Waals surface area contributed by atoms with Crippen LogP contribution in [0.5, 0.6) is 0 Å². The highest BCUT2D eigenvalue weighted by atomic mass is 16.2. The number of carbonyl (C=O) groups is 2. The van der Waals surface area contributed by atoms with Crippen LogP contribution in [0, 0.1) is 0 Å². The number of likely N-dealkylation sites (tertiary alicyclic amines) is 1. The summed E-state index contributed by atoms with van der Waals surface area (Å²) in [7, 11) is 0. The summed E-state index contributed by atoms with van der Waals surface area (Å²) in [6, 6.07) is 0.0217. The Morgan fingerprint density at radius 2 is 1.47 bits per heavy atom. The highest BCUT2D eigenvalue weighted by molar-refractivity contribution is 5.75. The minimum absolute atomic E-state index is 0.0458. The van der Waals surface area contributed by atoms with E-state index >= 15 is 0 Å². The lowest BCUT2D eigenvalue weighted by atomic mass is 9.95. The average molecular weight is 268 g/mol. The second kappa shape index (κ2) is 6.63. The Balaban J connectivity index is 1.71. The number of piperidine rings is 1. The first-order valence-electron chi connectivity index (χ1n) is 7.26. The molecule has 2 rings (SSSR count). The summed E-state index contributed by atoms with van der Waals surface area (Å²) in [5.41, 5.74) is 5.10. The molecule has 108 valence electrons. The Morgan fingerprint density at radius 3 is 2.05 bits per heavy atom. The number of nitrogens with zero attached hydrogens (tertiary/aromatic N) is 1. The number of amides is 4. The van der Waals surface area contributed by atoms with Crippen molar-refractivity contribution in [2.75, 3.05) is 13.1 Å². The molecule has 0 bridgehead atoms. The topological polar surface area (TPSA) is 87.5 Å². The van der Waals surface area contributed by atoms with Crippen molar-refractivity contribution in [1.29, 1.82) is 0 Å². The molecule has 0 atom stereocenters. The summed E-state index contributed by atoms with van der Waals surface area (Å²) < 4.78 is 0. The molecule has 1 saturated carbocycles. The van der Waals surface area contributed by atoms with Crippen LogP contribution in [0.25, 0.3) is 0 Å². The maximum absolute atomic E-state index is 12.1. The minimum atomic E-state index is -0.481. The second-order valence-electron chi connectivity index (χ2n) is 5.55. The fourth-order valence-corrected chi connectivity index (χ4v) is 2.94. The SMILES string of the molecule is NC(=O)NC1CCN(C(=O)NC2CCCCC2)CC1. The molecule has 1 heterocycles. The van der Waals surface area contributed by atoms with Gasteiger partial charge in [0.25, 0.3) is 0 Å². The summed E-state index contributed by atoms with van der Waals surface area (Å²) in [5, 5.41) is 5.82. The number of hydrogen-bond acceptors (Lipinski definition) is 2. The van der Waals surface area contributed by atoms with Gasteiger partial charge in [-0.2, -0.15) is 0 Å². The van der Waals surface area contributed by atoms with Crippen molar-refractivity contribution < 1.29 is 9.59 Å². The number of nitrogens with one attached hydrogen (secondary N) is 2. The Hall–Kier alpha value is -1.46. The van der Waals surface area contributed by atoms with Crippen molar-refractivity contribution in [3.8, 4) is 0 Å².